The normalized spacial score (nSPS) is 24.5. The number of hydrogen-bond acceptors (Lipinski definition) is 7. The van der Waals surface area contributed by atoms with Crippen LogP contribution in [0.3, 0.4) is 0 Å². The highest BCUT2D eigenvalue weighted by molar-refractivity contribution is 5.99. The molecule has 1 fully saturated rings. The van der Waals surface area contributed by atoms with E-state index in [1.807, 2.05) is 0 Å². The minimum absolute atomic E-state index is 0.0322. The van der Waals surface area contributed by atoms with E-state index in [2.05, 4.69) is 4.74 Å². The summed E-state index contributed by atoms with van der Waals surface area (Å²) in [5, 5.41) is 18.8. The van der Waals surface area contributed by atoms with Crippen molar-refractivity contribution in [3.8, 4) is 0 Å². The van der Waals surface area contributed by atoms with Crippen molar-refractivity contribution in [3.63, 3.8) is 0 Å². The zero-order chi connectivity index (χ0) is 17.9. The van der Waals surface area contributed by atoms with Crippen LogP contribution < -0.4 is 0 Å². The highest BCUT2D eigenvalue weighted by Gasteiger charge is 2.55. The molecule has 0 aromatic heterocycles. The largest absolute Gasteiger partial charge is 0.481 e. The van der Waals surface area contributed by atoms with Gasteiger partial charge in [-0.15, -0.1) is 0 Å². The molecule has 1 rings (SSSR count). The molecular weight excluding hydrogens is 312 g/mol. The van der Waals surface area contributed by atoms with E-state index in [1.54, 1.807) is 0 Å². The van der Waals surface area contributed by atoms with E-state index in [0.29, 0.717) is 0 Å². The van der Waals surface area contributed by atoms with Gasteiger partial charge in [-0.2, -0.15) is 0 Å². The first kappa shape index (κ1) is 18.6. The van der Waals surface area contributed by atoms with Crippen molar-refractivity contribution >= 4 is 29.8 Å². The molecule has 0 radical (unpaired) electrons. The highest BCUT2D eigenvalue weighted by atomic mass is 16.6. The Hall–Kier alpha value is -2.45. The van der Waals surface area contributed by atoms with Crippen LogP contribution in [0.25, 0.3) is 0 Å². The van der Waals surface area contributed by atoms with Gasteiger partial charge in [0.05, 0.1) is 17.8 Å². The van der Waals surface area contributed by atoms with Crippen LogP contribution in [0.4, 0.5) is 0 Å². The van der Waals surface area contributed by atoms with Crippen LogP contribution in [-0.2, 0) is 33.4 Å². The molecule has 1 saturated heterocycles. The van der Waals surface area contributed by atoms with Crippen molar-refractivity contribution in [1.82, 2.24) is 0 Å². The third-order valence-corrected chi connectivity index (χ3v) is 3.85. The van der Waals surface area contributed by atoms with Crippen molar-refractivity contribution in [1.29, 1.82) is 0 Å². The van der Waals surface area contributed by atoms with Gasteiger partial charge in [0.1, 0.15) is 12.0 Å². The number of esters is 3. The molecule has 0 bridgehead atoms. The fraction of sp³-hybridized carbons (Fsp3) is 0.643. The van der Waals surface area contributed by atoms with E-state index in [-0.39, 0.29) is 6.42 Å². The molecule has 0 aromatic rings. The summed E-state index contributed by atoms with van der Waals surface area (Å²) in [7, 11) is 0. The maximum Gasteiger partial charge on any atom is 0.318 e. The SMILES string of the molecule is CCC(OC(C)=O)C(C(=O)O)C(C(=O)O)C1C(=O)OC(=O)C1C. The lowest BCUT2D eigenvalue weighted by Crippen LogP contribution is -2.46. The van der Waals surface area contributed by atoms with Gasteiger partial charge in [-0.1, -0.05) is 13.8 Å². The number of aliphatic carboxylic acids is 2. The van der Waals surface area contributed by atoms with Crippen LogP contribution in [0.2, 0.25) is 0 Å². The Morgan fingerprint density at radius 3 is 2.04 bits per heavy atom. The van der Waals surface area contributed by atoms with Crippen LogP contribution in [0.1, 0.15) is 27.2 Å². The maximum atomic E-state index is 11.8. The Kier molecular flexibility index (Phi) is 5.83. The standard InChI is InChI=1S/C14H18O9/c1-4-7(22-6(3)15)9(11(16)17)10(12(18)19)8-5(2)13(20)23-14(8)21/h5,7-10H,4H2,1-3H3,(H,16,17)(H,18,19). The van der Waals surface area contributed by atoms with Gasteiger partial charge in [0, 0.05) is 6.92 Å². The summed E-state index contributed by atoms with van der Waals surface area (Å²) in [6.45, 7) is 3.87. The van der Waals surface area contributed by atoms with Gasteiger partial charge in [0.25, 0.3) is 0 Å². The van der Waals surface area contributed by atoms with E-state index in [4.69, 9.17) is 4.74 Å². The smallest absolute Gasteiger partial charge is 0.318 e. The lowest BCUT2D eigenvalue weighted by atomic mass is 9.74. The minimum atomic E-state index is -1.76. The molecule has 0 amide bonds. The molecular formula is C14H18O9. The Morgan fingerprint density at radius 1 is 1.17 bits per heavy atom. The van der Waals surface area contributed by atoms with Crippen LogP contribution >= 0.6 is 0 Å². The molecule has 5 unspecified atom stereocenters. The summed E-state index contributed by atoms with van der Waals surface area (Å²) in [5.74, 6) is -11.9. The molecule has 1 aliphatic rings. The van der Waals surface area contributed by atoms with Crippen LogP contribution in [-0.4, -0.2) is 46.2 Å². The Bertz CT molecular complexity index is 538. The van der Waals surface area contributed by atoms with Crippen LogP contribution in [0.5, 0.6) is 0 Å². The second kappa shape index (κ2) is 7.21. The molecule has 0 aromatic carbocycles. The molecule has 1 heterocycles. The monoisotopic (exact) mass is 330 g/mol. The third kappa shape index (κ3) is 3.85. The molecule has 128 valence electrons. The molecule has 9 nitrogen and oxygen atoms in total. The summed E-state index contributed by atoms with van der Waals surface area (Å²) in [5.41, 5.74) is 0. The van der Waals surface area contributed by atoms with Crippen molar-refractivity contribution in [3.05, 3.63) is 0 Å². The average molecular weight is 330 g/mol. The first-order chi connectivity index (χ1) is 10.6. The van der Waals surface area contributed by atoms with Crippen molar-refractivity contribution in [2.45, 2.75) is 33.3 Å². The number of ether oxygens (including phenoxy) is 2. The van der Waals surface area contributed by atoms with Crippen LogP contribution in [0, 0.1) is 23.7 Å². The molecule has 0 spiro atoms. The molecule has 0 aliphatic carbocycles. The molecule has 9 heteroatoms. The van der Waals surface area contributed by atoms with Crippen molar-refractivity contribution < 1.29 is 43.7 Å². The van der Waals surface area contributed by atoms with Gasteiger partial charge >= 0.3 is 29.8 Å². The number of cyclic esters (lactones) is 2. The van der Waals surface area contributed by atoms with E-state index in [1.165, 1.54) is 13.8 Å². The third-order valence-electron chi connectivity index (χ3n) is 3.85. The van der Waals surface area contributed by atoms with E-state index in [0.717, 1.165) is 6.92 Å². The molecule has 2 N–H and O–H groups in total. The molecule has 0 saturated carbocycles. The van der Waals surface area contributed by atoms with E-state index in [9.17, 15) is 34.2 Å². The number of carboxylic acids is 2. The zero-order valence-corrected chi connectivity index (χ0v) is 12.8. The lowest BCUT2D eigenvalue weighted by Gasteiger charge is -2.30. The second-order valence-corrected chi connectivity index (χ2v) is 5.34. The quantitative estimate of drug-likeness (QED) is 0.489. The highest BCUT2D eigenvalue weighted by Crippen LogP contribution is 2.37. The van der Waals surface area contributed by atoms with Gasteiger partial charge in [-0.05, 0) is 6.42 Å². The lowest BCUT2D eigenvalue weighted by molar-refractivity contribution is -0.171. The van der Waals surface area contributed by atoms with Gasteiger partial charge in [0.15, 0.2) is 0 Å². The molecule has 1 aliphatic heterocycles. The summed E-state index contributed by atoms with van der Waals surface area (Å²) in [6, 6.07) is 0. The van der Waals surface area contributed by atoms with Crippen LogP contribution in [0.15, 0.2) is 0 Å². The minimum Gasteiger partial charge on any atom is -0.481 e. The number of hydrogen-bond donors (Lipinski definition) is 2. The van der Waals surface area contributed by atoms with Gasteiger partial charge in [-0.25, -0.2) is 0 Å². The average Bonchev–Trinajstić information content (AvgIpc) is 2.67. The topological polar surface area (TPSA) is 144 Å². The number of rotatable bonds is 7. The second-order valence-electron chi connectivity index (χ2n) is 5.34. The fourth-order valence-corrected chi connectivity index (χ4v) is 2.77. The Morgan fingerprint density at radius 2 is 1.74 bits per heavy atom. The number of carbonyl (C=O) groups is 5. The summed E-state index contributed by atoms with van der Waals surface area (Å²) in [4.78, 5) is 57.6. The molecule has 5 atom stereocenters. The van der Waals surface area contributed by atoms with E-state index < -0.39 is 59.6 Å². The predicted molar refractivity (Wildman–Crippen MR) is 71.8 cm³/mol. The summed E-state index contributed by atoms with van der Waals surface area (Å²) >= 11 is 0. The summed E-state index contributed by atoms with van der Waals surface area (Å²) in [6.07, 6.45) is -1.22. The zero-order valence-electron chi connectivity index (χ0n) is 12.8. The van der Waals surface area contributed by atoms with Gasteiger partial charge in [0.2, 0.25) is 0 Å². The number of carbonyl (C=O) groups excluding carboxylic acids is 3. The Labute approximate surface area is 131 Å². The van der Waals surface area contributed by atoms with E-state index >= 15 is 0 Å². The fourth-order valence-electron chi connectivity index (χ4n) is 2.77. The maximum absolute atomic E-state index is 11.8. The van der Waals surface area contributed by atoms with Gasteiger partial charge in [-0.3, -0.25) is 24.0 Å². The van der Waals surface area contributed by atoms with Crippen molar-refractivity contribution in [2.24, 2.45) is 23.7 Å². The number of carboxylic acid groups (broad SMARTS) is 2. The first-order valence-corrected chi connectivity index (χ1v) is 7.00. The Balaban J connectivity index is 3.29. The predicted octanol–water partition coefficient (Wildman–Crippen LogP) is 0.0654. The molecule has 23 heavy (non-hydrogen) atoms. The first-order valence-electron chi connectivity index (χ1n) is 7.00. The van der Waals surface area contributed by atoms with Gasteiger partial charge < -0.3 is 19.7 Å². The summed E-state index contributed by atoms with van der Waals surface area (Å²) < 4.78 is 9.29. The van der Waals surface area contributed by atoms with Crippen molar-refractivity contribution in [2.75, 3.05) is 0 Å².